The summed E-state index contributed by atoms with van der Waals surface area (Å²) in [7, 11) is 0. The van der Waals surface area contributed by atoms with Crippen molar-refractivity contribution in [1.82, 2.24) is 5.32 Å². The van der Waals surface area contributed by atoms with Gasteiger partial charge in [-0.25, -0.2) is 0 Å². The van der Waals surface area contributed by atoms with Crippen LogP contribution in [0.2, 0.25) is 5.02 Å². The van der Waals surface area contributed by atoms with E-state index in [2.05, 4.69) is 16.0 Å². The maximum atomic E-state index is 13.6. The molecule has 5 rings (SSSR count). The summed E-state index contributed by atoms with van der Waals surface area (Å²) in [6, 6.07) is 38.5. The van der Waals surface area contributed by atoms with Gasteiger partial charge >= 0.3 is 0 Å². The van der Waals surface area contributed by atoms with E-state index in [0.29, 0.717) is 22.0 Å². The first-order chi connectivity index (χ1) is 22.3. The second-order valence-corrected chi connectivity index (χ2v) is 12.2. The molecule has 0 aromatic heterocycles. The predicted octanol–water partition coefficient (Wildman–Crippen LogP) is 8.84. The molecular formula is C38H32ClN3O3S. The minimum absolute atomic E-state index is 0.0968. The number of benzene rings is 5. The number of halogens is 1. The number of anilines is 2. The number of hydrogen-bond acceptors (Lipinski definition) is 4. The average Bonchev–Trinajstić information content (AvgIpc) is 3.07. The van der Waals surface area contributed by atoms with Crippen molar-refractivity contribution in [3.05, 3.63) is 166 Å². The molecule has 5 aromatic rings. The molecule has 0 radical (unpaired) electrons. The van der Waals surface area contributed by atoms with Gasteiger partial charge in [0.2, 0.25) is 5.91 Å². The van der Waals surface area contributed by atoms with Crippen molar-refractivity contribution in [3.8, 4) is 0 Å². The summed E-state index contributed by atoms with van der Waals surface area (Å²) in [6.45, 7) is 3.84. The number of thioether (sulfide) groups is 1. The lowest BCUT2D eigenvalue weighted by Gasteiger charge is -2.18. The standard InChI is InChI=1S/C38H32ClN3O3S/c1-25-12-9-10-17-29(25)22-34(42-36(43)28-15-7-4-8-16-28)37(44)40-30-18-11-19-32(23-30)46-35(27-13-5-3-6-14-27)38(45)41-31-21-20-26(2)33(39)24-31/h3-24,35H,1-2H3,(H,40,44)(H,41,45)(H,42,43)/b34-22-. The van der Waals surface area contributed by atoms with Crippen molar-refractivity contribution < 1.29 is 14.4 Å². The fourth-order valence-corrected chi connectivity index (χ4v) is 5.87. The minimum Gasteiger partial charge on any atom is -0.325 e. The monoisotopic (exact) mass is 645 g/mol. The zero-order valence-electron chi connectivity index (χ0n) is 25.3. The van der Waals surface area contributed by atoms with E-state index in [9.17, 15) is 14.4 Å². The van der Waals surface area contributed by atoms with Crippen molar-refractivity contribution >= 4 is 58.5 Å². The van der Waals surface area contributed by atoms with E-state index in [4.69, 9.17) is 11.6 Å². The zero-order valence-corrected chi connectivity index (χ0v) is 26.9. The van der Waals surface area contributed by atoms with Gasteiger partial charge in [0.1, 0.15) is 10.9 Å². The zero-order chi connectivity index (χ0) is 32.5. The van der Waals surface area contributed by atoms with Gasteiger partial charge in [0, 0.05) is 26.9 Å². The van der Waals surface area contributed by atoms with Crippen LogP contribution < -0.4 is 16.0 Å². The van der Waals surface area contributed by atoms with Gasteiger partial charge in [-0.3, -0.25) is 14.4 Å². The molecule has 1 atom stereocenters. The molecule has 3 amide bonds. The first-order valence-electron chi connectivity index (χ1n) is 14.6. The summed E-state index contributed by atoms with van der Waals surface area (Å²) >= 11 is 7.66. The highest BCUT2D eigenvalue weighted by atomic mass is 35.5. The molecule has 0 aliphatic heterocycles. The van der Waals surface area contributed by atoms with Crippen LogP contribution in [0, 0.1) is 13.8 Å². The van der Waals surface area contributed by atoms with E-state index < -0.39 is 17.1 Å². The number of carbonyl (C=O) groups is 3. The Morgan fingerprint density at radius 3 is 2.09 bits per heavy atom. The molecule has 1 unspecified atom stereocenters. The second-order valence-electron chi connectivity index (χ2n) is 10.6. The molecule has 0 heterocycles. The lowest BCUT2D eigenvalue weighted by atomic mass is 10.1. The Balaban J connectivity index is 1.38. The van der Waals surface area contributed by atoms with Crippen LogP contribution in [0.5, 0.6) is 0 Å². The Hall–Kier alpha value is -5.11. The Kier molecular flexibility index (Phi) is 10.7. The molecule has 230 valence electrons. The highest BCUT2D eigenvalue weighted by molar-refractivity contribution is 8.00. The molecule has 8 heteroatoms. The molecule has 0 spiro atoms. The van der Waals surface area contributed by atoms with Crippen LogP contribution in [0.25, 0.3) is 6.08 Å². The molecule has 0 aliphatic rings. The van der Waals surface area contributed by atoms with Gasteiger partial charge in [-0.1, -0.05) is 96.5 Å². The first kappa shape index (κ1) is 32.3. The van der Waals surface area contributed by atoms with Crippen molar-refractivity contribution in [2.45, 2.75) is 24.0 Å². The minimum atomic E-state index is -0.589. The van der Waals surface area contributed by atoms with E-state index in [-0.39, 0.29) is 11.6 Å². The number of carbonyl (C=O) groups excluding carboxylic acids is 3. The maximum Gasteiger partial charge on any atom is 0.272 e. The van der Waals surface area contributed by atoms with Crippen LogP contribution in [0.15, 0.2) is 138 Å². The molecule has 5 aromatic carbocycles. The molecule has 3 N–H and O–H groups in total. The summed E-state index contributed by atoms with van der Waals surface area (Å²) in [5.41, 5.74) is 5.15. The Morgan fingerprint density at radius 2 is 1.37 bits per heavy atom. The predicted molar refractivity (Wildman–Crippen MR) is 188 cm³/mol. The molecular weight excluding hydrogens is 614 g/mol. The molecule has 0 fully saturated rings. The van der Waals surface area contributed by atoms with E-state index in [1.165, 1.54) is 11.8 Å². The van der Waals surface area contributed by atoms with E-state index in [1.54, 1.807) is 48.5 Å². The van der Waals surface area contributed by atoms with E-state index in [0.717, 1.165) is 27.1 Å². The van der Waals surface area contributed by atoms with Crippen molar-refractivity contribution in [2.24, 2.45) is 0 Å². The molecule has 0 bridgehead atoms. The molecule has 46 heavy (non-hydrogen) atoms. The van der Waals surface area contributed by atoms with Crippen molar-refractivity contribution in [2.75, 3.05) is 10.6 Å². The number of amides is 3. The van der Waals surface area contributed by atoms with Crippen molar-refractivity contribution in [1.29, 1.82) is 0 Å². The Bertz CT molecular complexity index is 1890. The topological polar surface area (TPSA) is 87.3 Å². The summed E-state index contributed by atoms with van der Waals surface area (Å²) in [4.78, 5) is 41.0. The fraction of sp³-hybridized carbons (Fsp3) is 0.0789. The smallest absolute Gasteiger partial charge is 0.272 e. The average molecular weight is 646 g/mol. The largest absolute Gasteiger partial charge is 0.325 e. The van der Waals surface area contributed by atoms with Gasteiger partial charge in [0.25, 0.3) is 11.8 Å². The van der Waals surface area contributed by atoms with Gasteiger partial charge in [-0.15, -0.1) is 11.8 Å². The number of rotatable bonds is 10. The van der Waals surface area contributed by atoms with Crippen molar-refractivity contribution in [3.63, 3.8) is 0 Å². The SMILES string of the molecule is Cc1ccc(NC(=O)C(Sc2cccc(NC(=O)/C(=C/c3ccccc3C)NC(=O)c3ccccc3)c2)c2ccccc2)cc1Cl. The molecule has 0 aliphatic carbocycles. The number of aryl methyl sites for hydroxylation is 2. The third-order valence-corrected chi connectivity index (χ3v) is 8.80. The van der Waals surface area contributed by atoms with Crippen LogP contribution in [0.1, 0.15) is 37.9 Å². The highest BCUT2D eigenvalue weighted by Crippen LogP contribution is 2.37. The molecule has 6 nitrogen and oxygen atoms in total. The van der Waals surface area contributed by atoms with Gasteiger partial charge in [0.05, 0.1) is 0 Å². The third-order valence-electron chi connectivity index (χ3n) is 7.14. The van der Waals surface area contributed by atoms with E-state index >= 15 is 0 Å². The number of hydrogen-bond donors (Lipinski definition) is 3. The normalized spacial score (nSPS) is 11.8. The van der Waals surface area contributed by atoms with Gasteiger partial charge in [-0.05, 0) is 84.6 Å². The van der Waals surface area contributed by atoms with Gasteiger partial charge in [-0.2, -0.15) is 0 Å². The van der Waals surface area contributed by atoms with Crippen LogP contribution in [-0.4, -0.2) is 17.7 Å². The van der Waals surface area contributed by atoms with Crippen LogP contribution in [0.4, 0.5) is 11.4 Å². The fourth-order valence-electron chi connectivity index (χ4n) is 4.61. The van der Waals surface area contributed by atoms with Crippen LogP contribution in [0.3, 0.4) is 0 Å². The van der Waals surface area contributed by atoms with Gasteiger partial charge < -0.3 is 16.0 Å². The lowest BCUT2D eigenvalue weighted by molar-refractivity contribution is -0.116. The van der Waals surface area contributed by atoms with Gasteiger partial charge in [0.15, 0.2) is 0 Å². The quantitative estimate of drug-likeness (QED) is 0.105. The van der Waals surface area contributed by atoms with E-state index in [1.807, 2.05) is 98.8 Å². The van der Waals surface area contributed by atoms with Crippen LogP contribution in [-0.2, 0) is 9.59 Å². The lowest BCUT2D eigenvalue weighted by Crippen LogP contribution is -2.30. The molecule has 0 saturated carbocycles. The summed E-state index contributed by atoms with van der Waals surface area (Å²) < 4.78 is 0. The third kappa shape index (κ3) is 8.53. The molecule has 0 saturated heterocycles. The number of nitrogens with one attached hydrogen (secondary N) is 3. The second kappa shape index (κ2) is 15.3. The summed E-state index contributed by atoms with van der Waals surface area (Å²) in [6.07, 6.45) is 1.66. The summed E-state index contributed by atoms with van der Waals surface area (Å²) in [5.74, 6) is -1.09. The first-order valence-corrected chi connectivity index (χ1v) is 15.9. The Labute approximate surface area is 277 Å². The summed E-state index contributed by atoms with van der Waals surface area (Å²) in [5, 5.41) is 8.68. The Morgan fingerprint density at radius 1 is 0.696 bits per heavy atom. The maximum absolute atomic E-state index is 13.6. The highest BCUT2D eigenvalue weighted by Gasteiger charge is 2.23. The van der Waals surface area contributed by atoms with Crippen LogP contribution >= 0.6 is 23.4 Å².